The van der Waals surface area contributed by atoms with Gasteiger partial charge in [-0.05, 0) is 55.0 Å². The Labute approximate surface area is 182 Å². The van der Waals surface area contributed by atoms with Crippen molar-refractivity contribution >= 4 is 33.7 Å². The molecular formula is C24H19F2N5O. The first-order chi connectivity index (χ1) is 15.4. The van der Waals surface area contributed by atoms with Crippen molar-refractivity contribution in [3.05, 3.63) is 89.5 Å². The third kappa shape index (κ3) is 3.49. The predicted octanol–water partition coefficient (Wildman–Crippen LogP) is 4.81. The van der Waals surface area contributed by atoms with Crippen LogP contribution < -0.4 is 5.32 Å². The highest BCUT2D eigenvalue weighted by Gasteiger charge is 2.18. The monoisotopic (exact) mass is 431 g/mol. The van der Waals surface area contributed by atoms with E-state index in [9.17, 15) is 13.6 Å². The molecule has 0 bridgehead atoms. The number of aryl methyl sites for hydroxylation is 2. The van der Waals surface area contributed by atoms with Gasteiger partial charge in [-0.3, -0.25) is 4.79 Å². The lowest BCUT2D eigenvalue weighted by Gasteiger charge is -2.11. The van der Waals surface area contributed by atoms with E-state index in [4.69, 9.17) is 0 Å². The van der Waals surface area contributed by atoms with Gasteiger partial charge in [0.05, 0.1) is 17.2 Å². The number of pyridine rings is 1. The molecule has 8 heteroatoms. The number of nitrogens with one attached hydrogen (secondary N) is 1. The Balaban J connectivity index is 1.54. The number of fused-ring (bicyclic) bond motifs is 2. The van der Waals surface area contributed by atoms with Gasteiger partial charge in [-0.2, -0.15) is 0 Å². The van der Waals surface area contributed by atoms with Crippen molar-refractivity contribution in [2.45, 2.75) is 13.5 Å². The zero-order valence-corrected chi connectivity index (χ0v) is 17.4. The van der Waals surface area contributed by atoms with Gasteiger partial charge in [0.1, 0.15) is 28.8 Å². The molecule has 0 atom stereocenters. The van der Waals surface area contributed by atoms with Crippen molar-refractivity contribution in [2.24, 2.45) is 7.05 Å². The molecule has 3 aromatic heterocycles. The molecule has 160 valence electrons. The topological polar surface area (TPSA) is 64.7 Å². The van der Waals surface area contributed by atoms with Crippen molar-refractivity contribution in [2.75, 3.05) is 5.32 Å². The molecule has 0 spiro atoms. The summed E-state index contributed by atoms with van der Waals surface area (Å²) in [5.41, 5.74) is 3.71. The lowest BCUT2D eigenvalue weighted by Crippen LogP contribution is -2.17. The van der Waals surface area contributed by atoms with Crippen LogP contribution >= 0.6 is 0 Å². The van der Waals surface area contributed by atoms with Gasteiger partial charge in [0, 0.05) is 24.7 Å². The Morgan fingerprint density at radius 3 is 2.72 bits per heavy atom. The molecule has 0 saturated carbocycles. The van der Waals surface area contributed by atoms with Crippen LogP contribution in [0.2, 0.25) is 0 Å². The van der Waals surface area contributed by atoms with Crippen LogP contribution in [0.5, 0.6) is 0 Å². The molecule has 2 aromatic carbocycles. The molecule has 3 heterocycles. The van der Waals surface area contributed by atoms with Gasteiger partial charge in [-0.15, -0.1) is 0 Å². The van der Waals surface area contributed by atoms with E-state index in [1.165, 1.54) is 18.2 Å². The number of hydrogen-bond donors (Lipinski definition) is 1. The van der Waals surface area contributed by atoms with Crippen molar-refractivity contribution < 1.29 is 13.6 Å². The van der Waals surface area contributed by atoms with Crippen LogP contribution in [0.15, 0.2) is 60.8 Å². The molecular weight excluding hydrogens is 412 g/mol. The van der Waals surface area contributed by atoms with E-state index in [0.29, 0.717) is 28.0 Å². The lowest BCUT2D eigenvalue weighted by atomic mass is 10.2. The molecule has 0 unspecified atom stereocenters. The summed E-state index contributed by atoms with van der Waals surface area (Å²) in [6, 6.07) is 14.5. The lowest BCUT2D eigenvalue weighted by molar-refractivity contribution is 0.101. The number of anilines is 1. The fraction of sp³-hybridized carbons (Fsp3) is 0.125. The van der Waals surface area contributed by atoms with Crippen molar-refractivity contribution in [3.8, 4) is 0 Å². The molecule has 1 N–H and O–H groups in total. The summed E-state index contributed by atoms with van der Waals surface area (Å²) in [6.45, 7) is 2.12. The van der Waals surface area contributed by atoms with Crippen LogP contribution in [-0.2, 0) is 13.6 Å². The van der Waals surface area contributed by atoms with Gasteiger partial charge in [-0.25, -0.2) is 18.7 Å². The Morgan fingerprint density at radius 2 is 1.91 bits per heavy atom. The smallest absolute Gasteiger partial charge is 0.272 e. The first-order valence-electron chi connectivity index (χ1n) is 10.0. The van der Waals surface area contributed by atoms with Gasteiger partial charge in [0.2, 0.25) is 0 Å². The maximum Gasteiger partial charge on any atom is 0.272 e. The number of rotatable bonds is 4. The summed E-state index contributed by atoms with van der Waals surface area (Å²) >= 11 is 0. The van der Waals surface area contributed by atoms with E-state index in [1.807, 2.05) is 24.6 Å². The second-order valence-electron chi connectivity index (χ2n) is 7.69. The number of carbonyl (C=O) groups excluding carboxylic acids is 1. The molecule has 32 heavy (non-hydrogen) atoms. The fourth-order valence-corrected chi connectivity index (χ4v) is 3.88. The highest BCUT2D eigenvalue weighted by atomic mass is 19.1. The summed E-state index contributed by atoms with van der Waals surface area (Å²) in [6.07, 6.45) is 1.10. The maximum absolute atomic E-state index is 13.8. The predicted molar refractivity (Wildman–Crippen MR) is 119 cm³/mol. The van der Waals surface area contributed by atoms with E-state index in [1.54, 1.807) is 34.9 Å². The minimum absolute atomic E-state index is 0.209. The number of aromatic nitrogens is 4. The molecule has 0 aliphatic heterocycles. The second kappa shape index (κ2) is 7.56. The molecule has 0 aliphatic rings. The first-order valence-corrected chi connectivity index (χ1v) is 10.0. The van der Waals surface area contributed by atoms with Crippen molar-refractivity contribution in [1.82, 2.24) is 19.1 Å². The summed E-state index contributed by atoms with van der Waals surface area (Å²) < 4.78 is 31.1. The van der Waals surface area contributed by atoms with E-state index < -0.39 is 5.82 Å². The molecule has 1 amide bonds. The quantitative estimate of drug-likeness (QED) is 0.444. The number of imidazole rings is 1. The van der Waals surface area contributed by atoms with E-state index in [-0.39, 0.29) is 18.3 Å². The molecule has 0 saturated heterocycles. The number of benzene rings is 2. The molecule has 0 fully saturated rings. The SMILES string of the molecule is Cc1nc2cc(NC(=O)c3cc4cc(F)cnc4n3Cc3cccc(F)c3)ccc2n1C. The largest absolute Gasteiger partial charge is 0.331 e. The van der Waals surface area contributed by atoms with Gasteiger partial charge in [0.15, 0.2) is 0 Å². The Hall–Kier alpha value is -4.07. The summed E-state index contributed by atoms with van der Waals surface area (Å²) in [4.78, 5) is 21.9. The standard InChI is InChI=1S/C24H19F2N5O/c1-14-28-20-11-19(6-7-21(20)30(14)2)29-24(32)22-10-16-9-18(26)12-27-23(16)31(22)13-15-4-3-5-17(25)8-15/h3-12H,13H2,1-2H3,(H,29,32). The molecule has 0 aliphatic carbocycles. The van der Waals surface area contributed by atoms with Crippen LogP contribution in [0, 0.1) is 18.6 Å². The Bertz CT molecular complexity index is 1500. The van der Waals surface area contributed by atoms with Crippen LogP contribution in [0.4, 0.5) is 14.5 Å². The van der Waals surface area contributed by atoms with Crippen LogP contribution in [0.3, 0.4) is 0 Å². The zero-order valence-electron chi connectivity index (χ0n) is 17.4. The third-order valence-electron chi connectivity index (χ3n) is 5.53. The fourth-order valence-electron chi connectivity index (χ4n) is 3.88. The van der Waals surface area contributed by atoms with E-state index >= 15 is 0 Å². The summed E-state index contributed by atoms with van der Waals surface area (Å²) in [7, 11) is 1.93. The maximum atomic E-state index is 13.8. The molecule has 0 radical (unpaired) electrons. The Morgan fingerprint density at radius 1 is 1.06 bits per heavy atom. The van der Waals surface area contributed by atoms with Gasteiger partial charge in [-0.1, -0.05) is 12.1 Å². The zero-order chi connectivity index (χ0) is 22.4. The molecule has 5 rings (SSSR count). The van der Waals surface area contributed by atoms with Gasteiger partial charge < -0.3 is 14.5 Å². The minimum Gasteiger partial charge on any atom is -0.331 e. The number of hydrogen-bond acceptors (Lipinski definition) is 3. The number of amides is 1. The van der Waals surface area contributed by atoms with Crippen LogP contribution in [0.1, 0.15) is 21.9 Å². The first kappa shape index (κ1) is 19.9. The number of carbonyl (C=O) groups is 1. The average Bonchev–Trinajstić information content (AvgIpc) is 3.24. The van der Waals surface area contributed by atoms with Crippen LogP contribution in [0.25, 0.3) is 22.1 Å². The summed E-state index contributed by atoms with van der Waals surface area (Å²) in [5, 5.41) is 3.38. The number of nitrogens with zero attached hydrogens (tertiary/aromatic N) is 4. The minimum atomic E-state index is -0.497. The highest BCUT2D eigenvalue weighted by molar-refractivity contribution is 6.06. The molecule has 5 aromatic rings. The second-order valence-corrected chi connectivity index (χ2v) is 7.69. The average molecular weight is 431 g/mol. The summed E-state index contributed by atoms with van der Waals surface area (Å²) in [5.74, 6) is -0.384. The van der Waals surface area contributed by atoms with Gasteiger partial charge >= 0.3 is 0 Å². The highest BCUT2D eigenvalue weighted by Crippen LogP contribution is 2.24. The Kier molecular flexibility index (Phi) is 4.70. The van der Waals surface area contributed by atoms with Gasteiger partial charge in [0.25, 0.3) is 5.91 Å². The third-order valence-corrected chi connectivity index (χ3v) is 5.53. The van der Waals surface area contributed by atoms with Crippen LogP contribution in [-0.4, -0.2) is 25.0 Å². The van der Waals surface area contributed by atoms with E-state index in [0.717, 1.165) is 23.1 Å². The van der Waals surface area contributed by atoms with Crippen molar-refractivity contribution in [3.63, 3.8) is 0 Å². The molecule has 6 nitrogen and oxygen atoms in total. The van der Waals surface area contributed by atoms with Crippen molar-refractivity contribution in [1.29, 1.82) is 0 Å². The normalized spacial score (nSPS) is 11.4. The number of halogens is 2. The van der Waals surface area contributed by atoms with E-state index in [2.05, 4.69) is 15.3 Å².